The van der Waals surface area contributed by atoms with Crippen LogP contribution in [0.3, 0.4) is 0 Å². The van der Waals surface area contributed by atoms with E-state index in [1.165, 1.54) is 186 Å². The van der Waals surface area contributed by atoms with E-state index < -0.39 is 57.8 Å². The van der Waals surface area contributed by atoms with Crippen molar-refractivity contribution in [3.8, 4) is 0 Å². The van der Waals surface area contributed by atoms with Gasteiger partial charge in [-0.2, -0.15) is 0 Å². The molecule has 0 bridgehead atoms. The molecule has 68 heavy (non-hydrogen) atoms. The summed E-state index contributed by atoms with van der Waals surface area (Å²) < 4.78 is 39.5. The Balaban J connectivity index is 4.66. The molecule has 0 aromatic heterocycles. The Labute approximate surface area is 418 Å². The fourth-order valence-corrected chi connectivity index (χ4v) is 9.38. The molecule has 3 unspecified atom stereocenters. The molecular weight excluding hydrogens is 880 g/mol. The molecule has 0 aromatic rings. The van der Waals surface area contributed by atoms with E-state index in [1.54, 1.807) is 0 Å². The number of aliphatic hydroxyl groups excluding tert-OH is 1. The zero-order chi connectivity index (χ0) is 49.9. The Kier molecular flexibility index (Phi) is 50.7. The van der Waals surface area contributed by atoms with E-state index >= 15 is 0 Å². The number of phosphoric ester groups is 1. The lowest BCUT2D eigenvalue weighted by molar-refractivity contribution is -0.161. The molecule has 11 nitrogen and oxygen atoms in total. The van der Waals surface area contributed by atoms with Crippen LogP contribution < -0.4 is 0 Å². The molecule has 0 aliphatic rings. The first-order chi connectivity index (χ1) is 33.2. The van der Waals surface area contributed by atoms with Crippen LogP contribution in [0.25, 0.3) is 0 Å². The number of hydrogen-bond acceptors (Lipinski definition) is 10. The summed E-state index contributed by atoms with van der Waals surface area (Å²) in [4.78, 5) is 48.4. The zero-order valence-corrected chi connectivity index (χ0v) is 45.5. The third kappa shape index (κ3) is 49.5. The van der Waals surface area contributed by atoms with Crippen LogP contribution in [0.15, 0.2) is 0 Å². The van der Waals surface area contributed by atoms with Gasteiger partial charge in [0.25, 0.3) is 0 Å². The van der Waals surface area contributed by atoms with E-state index in [2.05, 4.69) is 20.8 Å². The van der Waals surface area contributed by atoms with Crippen LogP contribution in [0, 0.1) is 0 Å². The zero-order valence-electron chi connectivity index (χ0n) is 44.6. The Hall–Kier alpha value is -1.52. The molecule has 3 atom stereocenters. The van der Waals surface area contributed by atoms with E-state index in [0.29, 0.717) is 19.3 Å². The van der Waals surface area contributed by atoms with E-state index in [1.807, 2.05) is 0 Å². The van der Waals surface area contributed by atoms with Crippen molar-refractivity contribution in [1.82, 2.24) is 0 Å². The standard InChI is InChI=1S/C56H109O11P/c1-4-7-10-13-16-19-22-25-26-29-32-35-38-41-44-47-56(60)67-53(49-63-54(58)45-42-39-36-33-30-27-23-20-17-14-11-8-5-2)51-65-68(61,62)64-50-52(48-57)66-55(59)46-43-40-37-34-31-28-24-21-18-15-12-9-6-3/h52-53,57H,4-51H2,1-3H3,(H,61,62). The molecule has 0 aliphatic heterocycles. The molecular formula is C56H109O11P. The molecule has 0 saturated carbocycles. The molecule has 0 amide bonds. The fraction of sp³-hybridized carbons (Fsp3) is 0.946. The summed E-state index contributed by atoms with van der Waals surface area (Å²) in [5.41, 5.74) is 0. The maximum Gasteiger partial charge on any atom is 0.472 e. The van der Waals surface area contributed by atoms with Crippen LogP contribution in [0.4, 0.5) is 0 Å². The third-order valence-electron chi connectivity index (χ3n) is 13.0. The van der Waals surface area contributed by atoms with Gasteiger partial charge in [0.1, 0.15) is 12.7 Å². The summed E-state index contributed by atoms with van der Waals surface area (Å²) in [6.07, 6.45) is 47.7. The first-order valence-electron chi connectivity index (χ1n) is 28.9. The number of hydrogen-bond donors (Lipinski definition) is 2. The molecule has 0 saturated heterocycles. The summed E-state index contributed by atoms with van der Waals surface area (Å²) in [6, 6.07) is 0. The molecule has 0 aromatic carbocycles. The van der Waals surface area contributed by atoms with Crippen molar-refractivity contribution in [2.45, 2.75) is 315 Å². The maximum atomic E-state index is 12.9. The average molecular weight is 989 g/mol. The van der Waals surface area contributed by atoms with Gasteiger partial charge in [-0.3, -0.25) is 23.4 Å². The predicted molar refractivity (Wildman–Crippen MR) is 280 cm³/mol. The number of phosphoric acid groups is 1. The Bertz CT molecular complexity index is 1150. The van der Waals surface area contributed by atoms with Gasteiger partial charge in [0.2, 0.25) is 0 Å². The molecule has 0 spiro atoms. The molecule has 0 rings (SSSR count). The summed E-state index contributed by atoms with van der Waals surface area (Å²) in [7, 11) is -4.73. The lowest BCUT2D eigenvalue weighted by atomic mass is 10.0. The number of carbonyl (C=O) groups is 3. The largest absolute Gasteiger partial charge is 0.472 e. The van der Waals surface area contributed by atoms with Crippen LogP contribution in [-0.2, 0) is 42.2 Å². The van der Waals surface area contributed by atoms with E-state index in [9.17, 15) is 28.9 Å². The van der Waals surface area contributed by atoms with Gasteiger partial charge in [0.15, 0.2) is 6.10 Å². The number of carbonyl (C=O) groups excluding carboxylic acids is 3. The average Bonchev–Trinajstić information content (AvgIpc) is 3.32. The van der Waals surface area contributed by atoms with Crippen molar-refractivity contribution in [3.63, 3.8) is 0 Å². The van der Waals surface area contributed by atoms with Gasteiger partial charge < -0.3 is 24.2 Å². The number of ether oxygens (including phenoxy) is 3. The van der Waals surface area contributed by atoms with Gasteiger partial charge in [-0.15, -0.1) is 0 Å². The lowest BCUT2D eigenvalue weighted by Crippen LogP contribution is -2.30. The highest BCUT2D eigenvalue weighted by Crippen LogP contribution is 2.43. The number of esters is 3. The number of aliphatic hydroxyl groups is 1. The van der Waals surface area contributed by atoms with Gasteiger partial charge in [-0.1, -0.05) is 265 Å². The fourth-order valence-electron chi connectivity index (χ4n) is 8.59. The first kappa shape index (κ1) is 66.5. The molecule has 0 heterocycles. The molecule has 0 fully saturated rings. The first-order valence-corrected chi connectivity index (χ1v) is 30.4. The van der Waals surface area contributed by atoms with Gasteiger partial charge >= 0.3 is 25.7 Å². The second kappa shape index (κ2) is 51.8. The molecule has 2 N–H and O–H groups in total. The minimum absolute atomic E-state index is 0.178. The molecule has 12 heteroatoms. The van der Waals surface area contributed by atoms with Crippen molar-refractivity contribution in [3.05, 3.63) is 0 Å². The summed E-state index contributed by atoms with van der Waals surface area (Å²) in [6.45, 7) is 4.71. The van der Waals surface area contributed by atoms with Crippen LogP contribution in [-0.4, -0.2) is 66.5 Å². The second-order valence-corrected chi connectivity index (χ2v) is 21.3. The number of rotatable bonds is 55. The molecule has 404 valence electrons. The van der Waals surface area contributed by atoms with E-state index in [4.69, 9.17) is 23.3 Å². The van der Waals surface area contributed by atoms with Crippen molar-refractivity contribution < 1.29 is 52.2 Å². The molecule has 0 aliphatic carbocycles. The van der Waals surface area contributed by atoms with Crippen LogP contribution in [0.1, 0.15) is 303 Å². The smallest absolute Gasteiger partial charge is 0.462 e. The third-order valence-corrected chi connectivity index (χ3v) is 14.0. The summed E-state index contributed by atoms with van der Waals surface area (Å²) in [5, 5.41) is 9.80. The highest BCUT2D eigenvalue weighted by molar-refractivity contribution is 7.47. The van der Waals surface area contributed by atoms with Crippen molar-refractivity contribution in [2.75, 3.05) is 26.4 Å². The van der Waals surface area contributed by atoms with E-state index in [-0.39, 0.29) is 25.9 Å². The Morgan fingerprint density at radius 3 is 0.868 bits per heavy atom. The van der Waals surface area contributed by atoms with Crippen molar-refractivity contribution in [1.29, 1.82) is 0 Å². The van der Waals surface area contributed by atoms with Gasteiger partial charge in [0, 0.05) is 19.3 Å². The Morgan fingerprint density at radius 1 is 0.353 bits per heavy atom. The maximum absolute atomic E-state index is 12.9. The highest BCUT2D eigenvalue weighted by Gasteiger charge is 2.28. The van der Waals surface area contributed by atoms with Crippen molar-refractivity contribution >= 4 is 25.7 Å². The summed E-state index contributed by atoms with van der Waals surface area (Å²) >= 11 is 0. The number of unbranched alkanes of at least 4 members (excludes halogenated alkanes) is 38. The molecule has 0 radical (unpaired) electrons. The van der Waals surface area contributed by atoms with Crippen LogP contribution in [0.2, 0.25) is 0 Å². The minimum Gasteiger partial charge on any atom is -0.462 e. The predicted octanol–water partition coefficient (Wildman–Crippen LogP) is 16.7. The monoisotopic (exact) mass is 989 g/mol. The Morgan fingerprint density at radius 2 is 0.588 bits per heavy atom. The van der Waals surface area contributed by atoms with Gasteiger partial charge in [0.05, 0.1) is 19.8 Å². The van der Waals surface area contributed by atoms with Crippen LogP contribution in [0.5, 0.6) is 0 Å². The quantitative estimate of drug-likeness (QED) is 0.0259. The normalized spacial score (nSPS) is 13.3. The SMILES string of the molecule is CCCCCCCCCCCCCCCCCC(=O)OC(COC(=O)CCCCCCCCCCCCCCC)COP(=O)(O)OCC(CO)OC(=O)CCCCCCCCCCCCCCC. The highest BCUT2D eigenvalue weighted by atomic mass is 31.2. The van der Waals surface area contributed by atoms with E-state index in [0.717, 1.165) is 57.8 Å². The minimum atomic E-state index is -4.73. The van der Waals surface area contributed by atoms with Gasteiger partial charge in [-0.05, 0) is 19.3 Å². The van der Waals surface area contributed by atoms with Crippen LogP contribution >= 0.6 is 7.82 Å². The topological polar surface area (TPSA) is 155 Å². The van der Waals surface area contributed by atoms with Gasteiger partial charge in [-0.25, -0.2) is 4.57 Å². The second-order valence-electron chi connectivity index (χ2n) is 19.8. The lowest BCUT2D eigenvalue weighted by Gasteiger charge is -2.21. The summed E-state index contributed by atoms with van der Waals surface area (Å²) in [5.74, 6) is -1.43. The van der Waals surface area contributed by atoms with Crippen molar-refractivity contribution in [2.24, 2.45) is 0 Å².